The molecule has 1 unspecified atom stereocenters. The Morgan fingerprint density at radius 1 is 0.971 bits per heavy atom. The van der Waals surface area contributed by atoms with Crippen molar-refractivity contribution in [3.05, 3.63) is 96.8 Å². The van der Waals surface area contributed by atoms with Crippen molar-refractivity contribution in [2.24, 2.45) is 5.73 Å². The van der Waals surface area contributed by atoms with Gasteiger partial charge < -0.3 is 16.0 Å². The van der Waals surface area contributed by atoms with E-state index in [9.17, 15) is 9.18 Å². The fourth-order valence-corrected chi connectivity index (χ4v) is 3.90. The van der Waals surface area contributed by atoms with E-state index in [1.807, 2.05) is 24.3 Å². The lowest BCUT2D eigenvalue weighted by atomic mass is 10.00. The van der Waals surface area contributed by atoms with Gasteiger partial charge in [0.25, 0.3) is 0 Å². The van der Waals surface area contributed by atoms with Gasteiger partial charge in [0.15, 0.2) is 0 Å². The Kier molecular flexibility index (Phi) is 5.80. The van der Waals surface area contributed by atoms with Crippen LogP contribution in [0, 0.1) is 5.82 Å². The van der Waals surface area contributed by atoms with Crippen molar-refractivity contribution in [2.75, 3.05) is 5.32 Å². The van der Waals surface area contributed by atoms with E-state index in [2.05, 4.69) is 25.3 Å². The van der Waals surface area contributed by atoms with Gasteiger partial charge in [-0.3, -0.25) is 14.8 Å². The first kappa shape index (κ1) is 21.4. The first-order valence-corrected chi connectivity index (χ1v) is 10.7. The van der Waals surface area contributed by atoms with Gasteiger partial charge in [0, 0.05) is 48.2 Å². The molecule has 0 aliphatic carbocycles. The van der Waals surface area contributed by atoms with Gasteiger partial charge in [0.05, 0.1) is 5.69 Å². The number of aromatic nitrogens is 4. The lowest BCUT2D eigenvalue weighted by Crippen LogP contribution is -2.21. The summed E-state index contributed by atoms with van der Waals surface area (Å²) in [4.78, 5) is 28.7. The summed E-state index contributed by atoms with van der Waals surface area (Å²) in [7, 11) is 0. The molecule has 4 aromatic heterocycles. The first-order valence-electron chi connectivity index (χ1n) is 10.7. The van der Waals surface area contributed by atoms with E-state index in [-0.39, 0.29) is 18.1 Å². The van der Waals surface area contributed by atoms with E-state index in [0.717, 1.165) is 33.3 Å². The summed E-state index contributed by atoms with van der Waals surface area (Å²) in [5.41, 5.74) is 11.0. The number of H-pyrrole nitrogens is 1. The van der Waals surface area contributed by atoms with Crippen LogP contribution >= 0.6 is 0 Å². The molecule has 0 spiro atoms. The van der Waals surface area contributed by atoms with E-state index in [4.69, 9.17) is 5.73 Å². The predicted octanol–water partition coefficient (Wildman–Crippen LogP) is 4.85. The fraction of sp³-hybridized carbons (Fsp3) is 0.0769. The van der Waals surface area contributed by atoms with Crippen LogP contribution in [0.5, 0.6) is 0 Å². The molecule has 0 saturated heterocycles. The number of anilines is 1. The number of hydrogen-bond donors (Lipinski definition) is 3. The highest BCUT2D eigenvalue weighted by molar-refractivity contribution is 6.03. The molecular weight excluding hydrogens is 431 g/mol. The number of nitrogens with one attached hydrogen (secondary N) is 2. The second kappa shape index (κ2) is 9.21. The fourth-order valence-electron chi connectivity index (χ4n) is 3.90. The van der Waals surface area contributed by atoms with Crippen LogP contribution in [0.4, 0.5) is 10.2 Å². The summed E-state index contributed by atoms with van der Waals surface area (Å²) in [6, 6.07) is 16.9. The van der Waals surface area contributed by atoms with Crippen molar-refractivity contribution in [2.45, 2.75) is 12.5 Å². The van der Waals surface area contributed by atoms with Gasteiger partial charge in [-0.05, 0) is 71.3 Å². The van der Waals surface area contributed by atoms with E-state index < -0.39 is 6.04 Å². The molecule has 4 N–H and O–H groups in total. The molecule has 0 radical (unpaired) electrons. The minimum absolute atomic E-state index is 0.0965. The van der Waals surface area contributed by atoms with Crippen LogP contribution in [0.15, 0.2) is 85.5 Å². The molecule has 0 fully saturated rings. The molecule has 1 aromatic carbocycles. The molecule has 168 valence electrons. The number of rotatable bonds is 6. The third-order valence-corrected chi connectivity index (χ3v) is 5.55. The molecule has 1 atom stereocenters. The maximum absolute atomic E-state index is 13.5. The number of halogens is 1. The minimum Gasteiger partial charge on any atom is -0.339 e. The van der Waals surface area contributed by atoms with Crippen LogP contribution < -0.4 is 11.1 Å². The molecular formula is C26H21FN6O. The number of amides is 1. The van der Waals surface area contributed by atoms with Crippen molar-refractivity contribution >= 4 is 22.8 Å². The molecule has 5 aromatic rings. The number of carbonyl (C=O) groups is 1. The molecule has 4 heterocycles. The van der Waals surface area contributed by atoms with Crippen LogP contribution in [0.3, 0.4) is 0 Å². The highest BCUT2D eigenvalue weighted by Crippen LogP contribution is 2.38. The van der Waals surface area contributed by atoms with Crippen LogP contribution in [0.1, 0.15) is 18.0 Å². The smallest absolute Gasteiger partial charge is 0.227 e. The summed E-state index contributed by atoms with van der Waals surface area (Å²) >= 11 is 0. The number of benzene rings is 1. The van der Waals surface area contributed by atoms with Gasteiger partial charge >= 0.3 is 0 Å². The van der Waals surface area contributed by atoms with Gasteiger partial charge in [0.2, 0.25) is 5.91 Å². The minimum atomic E-state index is -0.466. The summed E-state index contributed by atoms with van der Waals surface area (Å²) in [6.45, 7) is 0. The van der Waals surface area contributed by atoms with Gasteiger partial charge in [-0.2, -0.15) is 0 Å². The van der Waals surface area contributed by atoms with Crippen LogP contribution in [-0.2, 0) is 4.79 Å². The maximum Gasteiger partial charge on any atom is 0.227 e. The Bertz CT molecular complexity index is 1440. The van der Waals surface area contributed by atoms with Crippen molar-refractivity contribution in [3.8, 4) is 22.4 Å². The van der Waals surface area contributed by atoms with Crippen molar-refractivity contribution in [3.63, 3.8) is 0 Å². The molecule has 5 rings (SSSR count). The van der Waals surface area contributed by atoms with Crippen molar-refractivity contribution < 1.29 is 9.18 Å². The highest BCUT2D eigenvalue weighted by Gasteiger charge is 2.18. The third kappa shape index (κ3) is 4.39. The Morgan fingerprint density at radius 2 is 1.76 bits per heavy atom. The zero-order valence-corrected chi connectivity index (χ0v) is 18.1. The molecule has 0 saturated carbocycles. The first-order chi connectivity index (χ1) is 16.6. The number of nitrogens with zero attached hydrogens (tertiary/aromatic N) is 3. The molecule has 1 amide bonds. The average Bonchev–Trinajstić information content (AvgIpc) is 3.24. The average molecular weight is 452 g/mol. The van der Waals surface area contributed by atoms with Gasteiger partial charge in [-0.25, -0.2) is 9.37 Å². The zero-order valence-electron chi connectivity index (χ0n) is 18.1. The summed E-state index contributed by atoms with van der Waals surface area (Å²) in [6.07, 6.45) is 6.84. The molecule has 0 aliphatic heterocycles. The second-order valence-corrected chi connectivity index (χ2v) is 7.86. The maximum atomic E-state index is 13.5. The number of carbonyl (C=O) groups excluding carboxylic acids is 1. The Morgan fingerprint density at radius 3 is 2.50 bits per heavy atom. The Hall–Kier alpha value is -4.43. The molecule has 34 heavy (non-hydrogen) atoms. The molecule has 7 nitrogen and oxygen atoms in total. The van der Waals surface area contributed by atoms with Gasteiger partial charge in [0.1, 0.15) is 17.3 Å². The highest BCUT2D eigenvalue weighted by atomic mass is 19.1. The van der Waals surface area contributed by atoms with Crippen molar-refractivity contribution in [1.82, 2.24) is 19.9 Å². The quantitative estimate of drug-likeness (QED) is 0.341. The van der Waals surface area contributed by atoms with Gasteiger partial charge in [-0.15, -0.1) is 0 Å². The van der Waals surface area contributed by atoms with Crippen LogP contribution in [-0.4, -0.2) is 25.8 Å². The molecule has 0 aliphatic rings. The number of nitrogens with two attached hydrogens (primary N) is 1. The molecule has 8 heteroatoms. The zero-order chi connectivity index (χ0) is 23.5. The van der Waals surface area contributed by atoms with Crippen LogP contribution in [0.25, 0.3) is 33.4 Å². The lowest BCUT2D eigenvalue weighted by Gasteiger charge is -2.11. The number of aromatic amines is 1. The summed E-state index contributed by atoms with van der Waals surface area (Å²) < 4.78 is 13.5. The van der Waals surface area contributed by atoms with Crippen LogP contribution in [0.2, 0.25) is 0 Å². The van der Waals surface area contributed by atoms with E-state index >= 15 is 0 Å². The monoisotopic (exact) mass is 452 g/mol. The van der Waals surface area contributed by atoms with E-state index in [1.165, 1.54) is 12.1 Å². The predicted molar refractivity (Wildman–Crippen MR) is 129 cm³/mol. The van der Waals surface area contributed by atoms with E-state index in [1.54, 1.807) is 49.1 Å². The SMILES string of the molecule is NC(CC(=O)Nc1ccc2c(-c3ccncc3)c(-c3ccc(F)cc3)[nH]c2n1)c1cccnc1. The Balaban J connectivity index is 1.47. The summed E-state index contributed by atoms with van der Waals surface area (Å²) in [5.74, 6) is -0.148. The normalized spacial score (nSPS) is 11.9. The molecule has 0 bridgehead atoms. The largest absolute Gasteiger partial charge is 0.339 e. The van der Waals surface area contributed by atoms with E-state index in [0.29, 0.717) is 11.5 Å². The number of fused-ring (bicyclic) bond motifs is 1. The standard InChI is InChI=1S/C26H21FN6O/c27-19-5-3-17(4-6-19)25-24(16-9-12-29-13-10-16)20-7-8-22(32-26(20)33-25)31-23(34)14-21(28)18-2-1-11-30-15-18/h1-13,15,21H,14,28H2,(H2,31,32,33,34). The lowest BCUT2D eigenvalue weighted by molar-refractivity contribution is -0.116. The topological polar surface area (TPSA) is 110 Å². The summed E-state index contributed by atoms with van der Waals surface area (Å²) in [5, 5.41) is 3.69. The Labute approximate surface area is 194 Å². The second-order valence-electron chi connectivity index (χ2n) is 7.86. The third-order valence-electron chi connectivity index (χ3n) is 5.55. The van der Waals surface area contributed by atoms with Crippen molar-refractivity contribution in [1.29, 1.82) is 0 Å². The van der Waals surface area contributed by atoms with Gasteiger partial charge in [-0.1, -0.05) is 6.07 Å². The number of hydrogen-bond acceptors (Lipinski definition) is 5. The number of pyridine rings is 3.